The van der Waals surface area contributed by atoms with E-state index in [-0.39, 0.29) is 12.5 Å². The van der Waals surface area contributed by atoms with Crippen molar-refractivity contribution in [3.63, 3.8) is 0 Å². The largest absolute Gasteiger partial charge is 0.451 e. The van der Waals surface area contributed by atoms with Crippen molar-refractivity contribution in [1.29, 1.82) is 0 Å². The number of hydrogen-bond acceptors (Lipinski definition) is 5. The Morgan fingerprint density at radius 2 is 2.15 bits per heavy atom. The van der Waals surface area contributed by atoms with Gasteiger partial charge in [0.05, 0.1) is 11.4 Å². The summed E-state index contributed by atoms with van der Waals surface area (Å²) in [6.45, 7) is 4.11. The first-order valence-corrected chi connectivity index (χ1v) is 9.38. The number of halogens is 1. The van der Waals surface area contributed by atoms with Gasteiger partial charge in [-0.05, 0) is 37.6 Å². The average Bonchev–Trinajstić information content (AvgIpc) is 3.18. The molecule has 0 aliphatic carbocycles. The lowest BCUT2D eigenvalue weighted by atomic mass is 10.3. The van der Waals surface area contributed by atoms with Crippen LogP contribution in [-0.4, -0.2) is 34.8 Å². The van der Waals surface area contributed by atoms with E-state index in [1.54, 1.807) is 16.8 Å². The summed E-state index contributed by atoms with van der Waals surface area (Å²) in [4.78, 5) is 25.1. The van der Waals surface area contributed by atoms with Crippen LogP contribution < -0.4 is 5.32 Å². The number of nitrogens with zero attached hydrogens (tertiary/aromatic N) is 2. The van der Waals surface area contributed by atoms with Crippen LogP contribution in [0.5, 0.6) is 0 Å². The Kier molecular flexibility index (Phi) is 5.58. The normalized spacial score (nSPS) is 10.9. The number of hydrogen-bond donors (Lipinski definition) is 1. The van der Waals surface area contributed by atoms with Gasteiger partial charge in [-0.25, -0.2) is 9.48 Å². The van der Waals surface area contributed by atoms with Crippen molar-refractivity contribution in [2.75, 3.05) is 13.2 Å². The van der Waals surface area contributed by atoms with Gasteiger partial charge in [0.15, 0.2) is 6.61 Å². The third-order valence-electron chi connectivity index (χ3n) is 3.71. The predicted molar refractivity (Wildman–Crippen MR) is 102 cm³/mol. The molecule has 0 fully saturated rings. The van der Waals surface area contributed by atoms with Gasteiger partial charge in [-0.2, -0.15) is 5.10 Å². The van der Waals surface area contributed by atoms with Gasteiger partial charge in [0.2, 0.25) is 0 Å². The van der Waals surface area contributed by atoms with Crippen LogP contribution in [0.4, 0.5) is 0 Å². The van der Waals surface area contributed by atoms with Crippen molar-refractivity contribution in [2.45, 2.75) is 20.3 Å². The lowest BCUT2D eigenvalue weighted by Gasteiger charge is -2.04. The van der Waals surface area contributed by atoms with Crippen molar-refractivity contribution < 1.29 is 14.3 Å². The summed E-state index contributed by atoms with van der Waals surface area (Å²) >= 11 is 7.34. The molecular formula is C18H18ClN3O3S. The molecule has 8 heteroatoms. The number of ether oxygens (including phenoxy) is 1. The first-order valence-electron chi connectivity index (χ1n) is 8.18. The van der Waals surface area contributed by atoms with E-state index in [1.165, 1.54) is 11.3 Å². The van der Waals surface area contributed by atoms with E-state index in [0.29, 0.717) is 16.4 Å². The maximum atomic E-state index is 12.3. The van der Waals surface area contributed by atoms with Crippen LogP contribution in [0.15, 0.2) is 30.3 Å². The van der Waals surface area contributed by atoms with Crippen LogP contribution in [0.25, 0.3) is 15.9 Å². The minimum atomic E-state index is -0.519. The van der Waals surface area contributed by atoms with Gasteiger partial charge >= 0.3 is 5.97 Å². The average molecular weight is 392 g/mol. The van der Waals surface area contributed by atoms with Crippen LogP contribution in [0.2, 0.25) is 5.02 Å². The molecule has 0 aliphatic rings. The number of carbonyl (C=O) groups excluding carboxylic acids is 2. The number of fused-ring (bicyclic) bond motifs is 1. The first-order chi connectivity index (χ1) is 12.5. The van der Waals surface area contributed by atoms with Gasteiger partial charge in [-0.15, -0.1) is 11.3 Å². The summed E-state index contributed by atoms with van der Waals surface area (Å²) in [5, 5.41) is 8.67. The Morgan fingerprint density at radius 1 is 1.35 bits per heavy atom. The summed E-state index contributed by atoms with van der Waals surface area (Å²) in [6, 6.07) is 9.09. The Bertz CT molecular complexity index is 964. The molecule has 0 saturated carbocycles. The fourth-order valence-electron chi connectivity index (χ4n) is 2.45. The van der Waals surface area contributed by atoms with E-state index < -0.39 is 5.97 Å². The number of thiophene rings is 1. The van der Waals surface area contributed by atoms with Gasteiger partial charge in [0.25, 0.3) is 5.91 Å². The minimum Gasteiger partial charge on any atom is -0.451 e. The summed E-state index contributed by atoms with van der Waals surface area (Å²) < 4.78 is 6.85. The van der Waals surface area contributed by atoms with Gasteiger partial charge < -0.3 is 10.1 Å². The highest BCUT2D eigenvalue weighted by Crippen LogP contribution is 2.31. The lowest BCUT2D eigenvalue weighted by Crippen LogP contribution is -2.29. The van der Waals surface area contributed by atoms with E-state index in [2.05, 4.69) is 10.4 Å². The highest BCUT2D eigenvalue weighted by molar-refractivity contribution is 7.20. The van der Waals surface area contributed by atoms with Gasteiger partial charge in [0.1, 0.15) is 9.71 Å². The zero-order valence-corrected chi connectivity index (χ0v) is 16.0. The number of rotatable bonds is 6. The van der Waals surface area contributed by atoms with E-state index in [9.17, 15) is 9.59 Å². The zero-order valence-electron chi connectivity index (χ0n) is 14.4. The molecule has 0 radical (unpaired) electrons. The first kappa shape index (κ1) is 18.4. The summed E-state index contributed by atoms with van der Waals surface area (Å²) in [5.74, 6) is -0.822. The van der Waals surface area contributed by atoms with Crippen LogP contribution in [0, 0.1) is 6.92 Å². The molecule has 1 N–H and O–H groups in total. The van der Waals surface area contributed by atoms with Crippen LogP contribution in [0.3, 0.4) is 0 Å². The molecule has 3 aromatic rings. The molecule has 0 saturated heterocycles. The number of aromatic nitrogens is 2. The molecule has 136 valence electrons. The molecule has 0 bridgehead atoms. The highest BCUT2D eigenvalue weighted by Gasteiger charge is 2.19. The number of amides is 1. The maximum absolute atomic E-state index is 12.3. The predicted octanol–water partition coefficient (Wildman–Crippen LogP) is 3.73. The second kappa shape index (κ2) is 7.88. The lowest BCUT2D eigenvalue weighted by molar-refractivity contribution is -0.124. The Morgan fingerprint density at radius 3 is 2.88 bits per heavy atom. The molecule has 2 heterocycles. The molecule has 0 atom stereocenters. The molecular weight excluding hydrogens is 374 g/mol. The summed E-state index contributed by atoms with van der Waals surface area (Å²) in [7, 11) is 0. The number of aryl methyl sites for hydroxylation is 1. The van der Waals surface area contributed by atoms with Crippen molar-refractivity contribution in [3.8, 4) is 5.69 Å². The summed E-state index contributed by atoms with van der Waals surface area (Å²) in [6.07, 6.45) is 0.829. The van der Waals surface area contributed by atoms with Gasteiger partial charge in [-0.1, -0.05) is 24.6 Å². The van der Waals surface area contributed by atoms with Crippen LogP contribution in [-0.2, 0) is 9.53 Å². The maximum Gasteiger partial charge on any atom is 0.348 e. The molecule has 1 amide bonds. The molecule has 0 spiro atoms. The second-order valence-corrected chi connectivity index (χ2v) is 7.20. The van der Waals surface area contributed by atoms with Crippen LogP contribution >= 0.6 is 22.9 Å². The van der Waals surface area contributed by atoms with E-state index >= 15 is 0 Å². The number of benzene rings is 1. The van der Waals surface area contributed by atoms with Crippen LogP contribution in [0.1, 0.15) is 28.7 Å². The van der Waals surface area contributed by atoms with E-state index in [1.807, 2.05) is 32.0 Å². The van der Waals surface area contributed by atoms with Crippen molar-refractivity contribution >= 4 is 45.0 Å². The third-order valence-corrected chi connectivity index (χ3v) is 5.03. The quantitative estimate of drug-likeness (QED) is 0.650. The highest BCUT2D eigenvalue weighted by atomic mass is 35.5. The Balaban J connectivity index is 1.82. The zero-order chi connectivity index (χ0) is 18.7. The van der Waals surface area contributed by atoms with Gasteiger partial charge in [-0.3, -0.25) is 4.79 Å². The monoisotopic (exact) mass is 391 g/mol. The van der Waals surface area contributed by atoms with E-state index in [0.717, 1.165) is 28.0 Å². The van der Waals surface area contributed by atoms with Crippen molar-refractivity contribution in [1.82, 2.24) is 15.1 Å². The SMILES string of the molecule is CCCNC(=O)COC(=O)c1cc2c(C)nn(-c3cccc(Cl)c3)c2s1. The molecule has 6 nitrogen and oxygen atoms in total. The fraction of sp³-hybridized carbons (Fsp3) is 0.278. The topological polar surface area (TPSA) is 73.2 Å². The smallest absolute Gasteiger partial charge is 0.348 e. The number of nitrogens with one attached hydrogen (secondary N) is 1. The molecule has 26 heavy (non-hydrogen) atoms. The standard InChI is InChI=1S/C18H18ClN3O3S/c1-3-7-20-16(23)10-25-18(24)15-9-14-11(2)21-22(17(14)26-15)13-6-4-5-12(19)8-13/h4-6,8-9H,3,7,10H2,1-2H3,(H,20,23). The summed E-state index contributed by atoms with van der Waals surface area (Å²) in [5.41, 5.74) is 1.62. The molecule has 2 aromatic heterocycles. The molecule has 1 aromatic carbocycles. The van der Waals surface area contributed by atoms with E-state index in [4.69, 9.17) is 16.3 Å². The molecule has 0 aliphatic heterocycles. The molecule has 3 rings (SSSR count). The minimum absolute atomic E-state index is 0.285. The van der Waals surface area contributed by atoms with Crippen molar-refractivity contribution in [3.05, 3.63) is 45.9 Å². The number of esters is 1. The Hall–Kier alpha value is -2.38. The molecule has 0 unspecified atom stereocenters. The van der Waals surface area contributed by atoms with Crippen molar-refractivity contribution in [2.24, 2.45) is 0 Å². The number of carbonyl (C=O) groups is 2. The third kappa shape index (κ3) is 3.89. The fourth-order valence-corrected chi connectivity index (χ4v) is 3.71. The Labute approximate surface area is 159 Å². The second-order valence-electron chi connectivity index (χ2n) is 5.73. The van der Waals surface area contributed by atoms with Gasteiger partial charge in [0, 0.05) is 17.0 Å².